The number of halogens is 1. The van der Waals surface area contributed by atoms with Gasteiger partial charge in [0.2, 0.25) is 11.2 Å². The Hall–Kier alpha value is -3.04. The lowest BCUT2D eigenvalue weighted by Crippen LogP contribution is -2.10. The van der Waals surface area contributed by atoms with Crippen LogP contribution in [0.15, 0.2) is 75.9 Å². The fraction of sp³-hybridized carbons (Fsp3) is 0.125. The van der Waals surface area contributed by atoms with Gasteiger partial charge in [-0.05, 0) is 37.6 Å². The van der Waals surface area contributed by atoms with Crippen LogP contribution in [0.4, 0.5) is 0 Å². The highest BCUT2D eigenvalue weighted by Crippen LogP contribution is 2.32. The van der Waals surface area contributed by atoms with Crippen molar-refractivity contribution in [3.63, 3.8) is 0 Å². The van der Waals surface area contributed by atoms with Crippen molar-refractivity contribution >= 4 is 22.6 Å². The van der Waals surface area contributed by atoms with Crippen LogP contribution < -0.4 is 10.2 Å². The predicted octanol–water partition coefficient (Wildman–Crippen LogP) is 6.31. The average molecular weight is 391 g/mol. The molecule has 0 saturated carbocycles. The Balaban J connectivity index is 1.87. The summed E-state index contributed by atoms with van der Waals surface area (Å²) < 4.78 is 12.1. The van der Waals surface area contributed by atoms with Crippen LogP contribution in [0.25, 0.3) is 22.3 Å². The van der Waals surface area contributed by atoms with Crippen LogP contribution >= 0.6 is 11.6 Å². The lowest BCUT2D eigenvalue weighted by Gasteiger charge is -2.13. The Morgan fingerprint density at radius 3 is 2.39 bits per heavy atom. The van der Waals surface area contributed by atoms with Crippen LogP contribution in [-0.4, -0.2) is 0 Å². The van der Waals surface area contributed by atoms with Gasteiger partial charge < -0.3 is 9.15 Å². The third-order valence-corrected chi connectivity index (χ3v) is 5.02. The highest BCUT2D eigenvalue weighted by molar-refractivity contribution is 6.31. The van der Waals surface area contributed by atoms with E-state index in [1.165, 1.54) is 0 Å². The molecule has 28 heavy (non-hydrogen) atoms. The minimum absolute atomic E-state index is 0.181. The normalized spacial score (nSPS) is 11.0. The predicted molar refractivity (Wildman–Crippen MR) is 113 cm³/mol. The zero-order valence-electron chi connectivity index (χ0n) is 15.7. The highest BCUT2D eigenvalue weighted by atomic mass is 35.5. The highest BCUT2D eigenvalue weighted by Gasteiger charge is 2.18. The second-order valence-corrected chi connectivity index (χ2v) is 7.24. The summed E-state index contributed by atoms with van der Waals surface area (Å²) >= 11 is 6.24. The van der Waals surface area contributed by atoms with Crippen molar-refractivity contribution in [1.29, 1.82) is 0 Å². The third-order valence-electron chi connectivity index (χ3n) is 4.65. The Labute approximate surface area is 168 Å². The van der Waals surface area contributed by atoms with Gasteiger partial charge in [0.15, 0.2) is 5.76 Å². The summed E-state index contributed by atoms with van der Waals surface area (Å²) in [5, 5.41) is 1.09. The van der Waals surface area contributed by atoms with Crippen LogP contribution in [-0.2, 0) is 6.61 Å². The molecule has 0 aliphatic heterocycles. The molecule has 0 N–H and O–H groups in total. The molecule has 3 aromatic carbocycles. The van der Waals surface area contributed by atoms with Crippen LogP contribution in [0.3, 0.4) is 0 Å². The molecule has 0 saturated heterocycles. The number of hydrogen-bond donors (Lipinski definition) is 0. The molecule has 4 rings (SSSR count). The monoisotopic (exact) mass is 390 g/mol. The van der Waals surface area contributed by atoms with E-state index in [2.05, 4.69) is 0 Å². The first-order valence-electron chi connectivity index (χ1n) is 9.03. The SMILES string of the molecule is Cc1ccc(-c2oc3cc(C)ccc3c(=O)c2OCc2ccccc2Cl)cc1. The minimum Gasteiger partial charge on any atom is -0.481 e. The molecule has 0 atom stereocenters. The van der Waals surface area contributed by atoms with Gasteiger partial charge in [-0.2, -0.15) is 0 Å². The molecule has 4 heteroatoms. The van der Waals surface area contributed by atoms with Gasteiger partial charge in [0.25, 0.3) is 0 Å². The smallest absolute Gasteiger partial charge is 0.235 e. The van der Waals surface area contributed by atoms with E-state index in [4.69, 9.17) is 20.8 Å². The number of fused-ring (bicyclic) bond motifs is 1. The van der Waals surface area contributed by atoms with Gasteiger partial charge >= 0.3 is 0 Å². The molecule has 3 nitrogen and oxygen atoms in total. The third kappa shape index (κ3) is 3.54. The maximum atomic E-state index is 13.2. The van der Waals surface area contributed by atoms with E-state index in [0.717, 1.165) is 22.3 Å². The van der Waals surface area contributed by atoms with Gasteiger partial charge in [0.05, 0.1) is 5.39 Å². The van der Waals surface area contributed by atoms with E-state index < -0.39 is 0 Å². The second-order valence-electron chi connectivity index (χ2n) is 6.84. The summed E-state index contributed by atoms with van der Waals surface area (Å²) in [6, 6.07) is 20.8. The number of rotatable bonds is 4. The van der Waals surface area contributed by atoms with Crippen molar-refractivity contribution in [3.8, 4) is 17.1 Å². The number of aryl methyl sites for hydroxylation is 2. The van der Waals surface area contributed by atoms with Crippen LogP contribution in [0.1, 0.15) is 16.7 Å². The molecule has 0 spiro atoms. The summed E-state index contributed by atoms with van der Waals surface area (Å²) in [5.74, 6) is 0.621. The Morgan fingerprint density at radius 1 is 0.929 bits per heavy atom. The molecule has 4 aromatic rings. The first-order chi connectivity index (χ1) is 13.5. The molecule has 0 unspecified atom stereocenters. The van der Waals surface area contributed by atoms with Gasteiger partial charge in [-0.25, -0.2) is 0 Å². The Kier molecular flexibility index (Phi) is 4.93. The molecular weight excluding hydrogens is 372 g/mol. The van der Waals surface area contributed by atoms with Crippen molar-refractivity contribution in [2.45, 2.75) is 20.5 Å². The van der Waals surface area contributed by atoms with Gasteiger partial charge in [-0.15, -0.1) is 0 Å². The molecule has 0 radical (unpaired) electrons. The van der Waals surface area contributed by atoms with Gasteiger partial charge in [-0.1, -0.05) is 65.7 Å². The summed E-state index contributed by atoms with van der Waals surface area (Å²) in [7, 11) is 0. The average Bonchev–Trinajstić information content (AvgIpc) is 2.69. The van der Waals surface area contributed by atoms with Crippen molar-refractivity contribution < 1.29 is 9.15 Å². The molecule has 0 aliphatic rings. The first kappa shape index (κ1) is 18.3. The fourth-order valence-corrected chi connectivity index (χ4v) is 3.27. The van der Waals surface area contributed by atoms with E-state index >= 15 is 0 Å². The first-order valence-corrected chi connectivity index (χ1v) is 9.41. The zero-order valence-corrected chi connectivity index (χ0v) is 16.4. The van der Waals surface area contributed by atoms with Crippen molar-refractivity contribution in [3.05, 3.63) is 98.7 Å². The van der Waals surface area contributed by atoms with Crippen LogP contribution in [0.2, 0.25) is 5.02 Å². The maximum absolute atomic E-state index is 13.2. The molecule has 0 amide bonds. The molecule has 140 valence electrons. The summed E-state index contributed by atoms with van der Waals surface area (Å²) in [4.78, 5) is 13.2. The van der Waals surface area contributed by atoms with Crippen LogP contribution in [0.5, 0.6) is 5.75 Å². The molecule has 1 aromatic heterocycles. The number of benzene rings is 3. The van der Waals surface area contributed by atoms with E-state index in [9.17, 15) is 4.79 Å². The van der Waals surface area contributed by atoms with E-state index in [1.807, 2.05) is 68.4 Å². The maximum Gasteiger partial charge on any atom is 0.235 e. The molecular formula is C24H19ClO3. The largest absolute Gasteiger partial charge is 0.481 e. The van der Waals surface area contributed by atoms with Gasteiger partial charge in [0, 0.05) is 16.1 Å². The Morgan fingerprint density at radius 2 is 1.64 bits per heavy atom. The molecule has 0 bridgehead atoms. The quantitative estimate of drug-likeness (QED) is 0.410. The van der Waals surface area contributed by atoms with E-state index in [1.54, 1.807) is 12.1 Å². The lowest BCUT2D eigenvalue weighted by molar-refractivity contribution is 0.298. The van der Waals surface area contributed by atoms with Crippen molar-refractivity contribution in [2.75, 3.05) is 0 Å². The van der Waals surface area contributed by atoms with E-state index in [0.29, 0.717) is 21.8 Å². The second kappa shape index (κ2) is 7.53. The van der Waals surface area contributed by atoms with Gasteiger partial charge in [0.1, 0.15) is 12.2 Å². The molecule has 1 heterocycles. The standard InChI is InChI=1S/C24H19ClO3/c1-15-7-10-17(11-8-15)23-24(27-14-18-5-3-4-6-20(18)25)22(26)19-12-9-16(2)13-21(19)28-23/h3-13H,14H2,1-2H3. The number of ether oxygens (including phenoxy) is 1. The lowest BCUT2D eigenvalue weighted by atomic mass is 10.1. The van der Waals surface area contributed by atoms with Crippen LogP contribution in [0, 0.1) is 13.8 Å². The van der Waals surface area contributed by atoms with E-state index in [-0.39, 0.29) is 17.8 Å². The summed E-state index contributed by atoms with van der Waals surface area (Å²) in [6.45, 7) is 4.16. The fourth-order valence-electron chi connectivity index (χ4n) is 3.07. The van der Waals surface area contributed by atoms with Crippen molar-refractivity contribution in [2.24, 2.45) is 0 Å². The molecule has 0 aliphatic carbocycles. The Bertz CT molecular complexity index is 1210. The summed E-state index contributed by atoms with van der Waals surface area (Å²) in [5.41, 5.74) is 4.11. The summed E-state index contributed by atoms with van der Waals surface area (Å²) in [6.07, 6.45) is 0. The molecule has 0 fully saturated rings. The van der Waals surface area contributed by atoms with Gasteiger partial charge in [-0.3, -0.25) is 4.79 Å². The number of hydrogen-bond acceptors (Lipinski definition) is 3. The minimum atomic E-state index is -0.191. The zero-order chi connectivity index (χ0) is 19.7. The van der Waals surface area contributed by atoms with Crippen molar-refractivity contribution in [1.82, 2.24) is 0 Å². The topological polar surface area (TPSA) is 39.4 Å².